The molecule has 8 heteroatoms. The van der Waals surface area contributed by atoms with E-state index in [9.17, 15) is 18.5 Å². The van der Waals surface area contributed by atoms with Crippen LogP contribution < -0.4 is 10.5 Å². The molecule has 0 aliphatic heterocycles. The van der Waals surface area contributed by atoms with Gasteiger partial charge in [0.2, 0.25) is 10.0 Å². The maximum absolute atomic E-state index is 12.2. The molecule has 2 aromatic carbocycles. The van der Waals surface area contributed by atoms with E-state index in [0.717, 1.165) is 11.6 Å². The van der Waals surface area contributed by atoms with Gasteiger partial charge in [0.15, 0.2) is 4.90 Å². The first-order valence-electron chi connectivity index (χ1n) is 6.93. The Balaban J connectivity index is 2.06. The lowest BCUT2D eigenvalue weighted by Gasteiger charge is -2.13. The molecule has 1 atom stereocenters. The van der Waals surface area contributed by atoms with Gasteiger partial charge in [0.05, 0.1) is 4.92 Å². The molecule has 0 bridgehead atoms. The monoisotopic (exact) mass is 335 g/mol. The van der Waals surface area contributed by atoms with Crippen molar-refractivity contribution in [3.05, 3.63) is 70.3 Å². The van der Waals surface area contributed by atoms with E-state index >= 15 is 0 Å². The molecule has 0 aliphatic carbocycles. The van der Waals surface area contributed by atoms with Gasteiger partial charge in [0.25, 0.3) is 5.69 Å². The van der Waals surface area contributed by atoms with E-state index in [1.807, 2.05) is 30.3 Å². The van der Waals surface area contributed by atoms with Crippen LogP contribution in [0.3, 0.4) is 0 Å². The van der Waals surface area contributed by atoms with Gasteiger partial charge in [-0.2, -0.15) is 0 Å². The number of nitrogens with two attached hydrogens (primary N) is 1. The number of para-hydroxylation sites is 1. The summed E-state index contributed by atoms with van der Waals surface area (Å²) in [5.74, 6) is 0. The van der Waals surface area contributed by atoms with Crippen LogP contribution in [0.15, 0.2) is 59.5 Å². The Morgan fingerprint density at radius 3 is 2.35 bits per heavy atom. The van der Waals surface area contributed by atoms with Gasteiger partial charge in [-0.25, -0.2) is 13.1 Å². The van der Waals surface area contributed by atoms with Crippen molar-refractivity contribution in [2.75, 3.05) is 6.54 Å². The highest BCUT2D eigenvalue weighted by Crippen LogP contribution is 2.22. The fraction of sp³-hybridized carbons (Fsp3) is 0.200. The van der Waals surface area contributed by atoms with Crippen LogP contribution >= 0.6 is 0 Å². The fourth-order valence-corrected chi connectivity index (χ4v) is 3.38. The molecule has 122 valence electrons. The smallest absolute Gasteiger partial charge is 0.289 e. The third-order valence-corrected chi connectivity index (χ3v) is 4.70. The topological polar surface area (TPSA) is 115 Å². The lowest BCUT2D eigenvalue weighted by Crippen LogP contribution is -2.38. The number of nitro groups is 1. The maximum Gasteiger partial charge on any atom is 0.289 e. The van der Waals surface area contributed by atoms with Crippen molar-refractivity contribution < 1.29 is 13.3 Å². The van der Waals surface area contributed by atoms with E-state index < -0.39 is 26.7 Å². The molecular weight excluding hydrogens is 318 g/mol. The van der Waals surface area contributed by atoms with E-state index in [1.165, 1.54) is 18.2 Å². The van der Waals surface area contributed by atoms with E-state index in [0.29, 0.717) is 6.42 Å². The number of benzene rings is 2. The van der Waals surface area contributed by atoms with Crippen molar-refractivity contribution in [2.45, 2.75) is 17.4 Å². The van der Waals surface area contributed by atoms with Crippen molar-refractivity contribution in [2.24, 2.45) is 5.73 Å². The Morgan fingerprint density at radius 1 is 1.09 bits per heavy atom. The van der Waals surface area contributed by atoms with Gasteiger partial charge in [0, 0.05) is 18.7 Å². The van der Waals surface area contributed by atoms with Gasteiger partial charge < -0.3 is 5.73 Å². The Hall–Kier alpha value is -2.29. The summed E-state index contributed by atoms with van der Waals surface area (Å²) < 4.78 is 26.8. The Kier molecular flexibility index (Phi) is 5.43. The second kappa shape index (κ2) is 7.32. The van der Waals surface area contributed by atoms with E-state index in [1.54, 1.807) is 0 Å². The zero-order valence-electron chi connectivity index (χ0n) is 12.3. The van der Waals surface area contributed by atoms with E-state index in [4.69, 9.17) is 5.73 Å². The molecule has 0 amide bonds. The third kappa shape index (κ3) is 4.59. The highest BCUT2D eigenvalue weighted by atomic mass is 32.2. The van der Waals surface area contributed by atoms with Gasteiger partial charge in [-0.05, 0) is 18.1 Å². The molecule has 0 aromatic heterocycles. The van der Waals surface area contributed by atoms with E-state index in [2.05, 4.69) is 4.72 Å². The highest BCUT2D eigenvalue weighted by molar-refractivity contribution is 7.89. The van der Waals surface area contributed by atoms with E-state index in [-0.39, 0.29) is 11.4 Å². The van der Waals surface area contributed by atoms with Crippen molar-refractivity contribution in [3.63, 3.8) is 0 Å². The second-order valence-corrected chi connectivity index (χ2v) is 6.76. The van der Waals surface area contributed by atoms with Crippen LogP contribution in [0.5, 0.6) is 0 Å². The van der Waals surface area contributed by atoms with Gasteiger partial charge in [0.1, 0.15) is 0 Å². The maximum atomic E-state index is 12.2. The summed E-state index contributed by atoms with van der Waals surface area (Å²) in [6, 6.07) is 14.2. The molecule has 7 nitrogen and oxygen atoms in total. The first kappa shape index (κ1) is 17.1. The summed E-state index contributed by atoms with van der Waals surface area (Å²) in [6.45, 7) is -0.0106. The largest absolute Gasteiger partial charge is 0.326 e. The summed E-state index contributed by atoms with van der Waals surface area (Å²) in [6.07, 6.45) is 0.500. The molecule has 2 rings (SSSR count). The standard InChI is InChI=1S/C15H17N3O4S/c16-13(10-12-6-2-1-3-7-12)11-17-23(21,22)15-9-5-4-8-14(15)18(19)20/h1-9,13,17H,10-11,16H2/t13-/m0/s1. The molecule has 0 unspecified atom stereocenters. The Labute approximate surface area is 134 Å². The first-order valence-corrected chi connectivity index (χ1v) is 8.41. The molecule has 0 spiro atoms. The quantitative estimate of drug-likeness (QED) is 0.587. The van der Waals surface area contributed by atoms with Crippen molar-refractivity contribution >= 4 is 15.7 Å². The second-order valence-electron chi connectivity index (χ2n) is 5.03. The highest BCUT2D eigenvalue weighted by Gasteiger charge is 2.25. The lowest BCUT2D eigenvalue weighted by atomic mass is 10.1. The van der Waals surface area contributed by atoms with Crippen LogP contribution in [0.4, 0.5) is 5.69 Å². The number of rotatable bonds is 7. The van der Waals surface area contributed by atoms with Crippen LogP contribution in [0.2, 0.25) is 0 Å². The Morgan fingerprint density at radius 2 is 1.70 bits per heavy atom. The summed E-state index contributed by atoms with van der Waals surface area (Å²) in [5, 5.41) is 10.9. The van der Waals surface area contributed by atoms with Crippen LogP contribution in [-0.2, 0) is 16.4 Å². The lowest BCUT2D eigenvalue weighted by molar-refractivity contribution is -0.387. The van der Waals surface area contributed by atoms with Crippen molar-refractivity contribution in [3.8, 4) is 0 Å². The summed E-state index contributed by atoms with van der Waals surface area (Å²) in [7, 11) is -3.99. The number of sulfonamides is 1. The molecular formula is C15H17N3O4S. The SMILES string of the molecule is N[C@H](CNS(=O)(=O)c1ccccc1[N+](=O)[O-])Cc1ccccc1. The average Bonchev–Trinajstić information content (AvgIpc) is 2.54. The van der Waals surface area contributed by atoms with Crippen LogP contribution in [-0.4, -0.2) is 25.9 Å². The normalized spacial score (nSPS) is 12.7. The zero-order valence-corrected chi connectivity index (χ0v) is 13.1. The molecule has 0 fully saturated rings. The zero-order chi connectivity index (χ0) is 16.9. The summed E-state index contributed by atoms with van der Waals surface area (Å²) >= 11 is 0. The first-order chi connectivity index (χ1) is 10.9. The van der Waals surface area contributed by atoms with Gasteiger partial charge in [-0.3, -0.25) is 10.1 Å². The van der Waals surface area contributed by atoms with Gasteiger partial charge in [-0.15, -0.1) is 0 Å². The molecule has 0 saturated carbocycles. The number of hydrogen-bond donors (Lipinski definition) is 2. The minimum atomic E-state index is -3.99. The number of nitrogens with one attached hydrogen (secondary N) is 1. The van der Waals surface area contributed by atoms with Crippen LogP contribution in [0, 0.1) is 10.1 Å². The number of nitro benzene ring substituents is 1. The molecule has 23 heavy (non-hydrogen) atoms. The molecule has 0 aliphatic rings. The summed E-state index contributed by atoms with van der Waals surface area (Å²) in [4.78, 5) is 9.85. The van der Waals surface area contributed by atoms with Crippen LogP contribution in [0.25, 0.3) is 0 Å². The molecule has 0 heterocycles. The Bertz CT molecular complexity index is 778. The molecule has 0 saturated heterocycles. The fourth-order valence-electron chi connectivity index (χ4n) is 2.12. The molecule has 0 radical (unpaired) electrons. The van der Waals surface area contributed by atoms with Gasteiger partial charge >= 0.3 is 0 Å². The third-order valence-electron chi connectivity index (χ3n) is 3.23. The summed E-state index contributed by atoms with van der Waals surface area (Å²) in [5.41, 5.74) is 6.46. The molecule has 3 N–H and O–H groups in total. The average molecular weight is 335 g/mol. The van der Waals surface area contributed by atoms with Crippen molar-refractivity contribution in [1.82, 2.24) is 4.72 Å². The predicted octanol–water partition coefficient (Wildman–Crippen LogP) is 1.44. The number of nitrogens with zero attached hydrogens (tertiary/aromatic N) is 1. The van der Waals surface area contributed by atoms with Crippen LogP contribution in [0.1, 0.15) is 5.56 Å². The molecule has 2 aromatic rings. The van der Waals surface area contributed by atoms with Crippen molar-refractivity contribution in [1.29, 1.82) is 0 Å². The number of hydrogen-bond acceptors (Lipinski definition) is 5. The minimum absolute atomic E-state index is 0.0106. The van der Waals surface area contributed by atoms with Gasteiger partial charge in [-0.1, -0.05) is 42.5 Å². The minimum Gasteiger partial charge on any atom is -0.326 e. The predicted molar refractivity (Wildman–Crippen MR) is 86.4 cm³/mol.